The van der Waals surface area contributed by atoms with Gasteiger partial charge in [-0.15, -0.1) is 0 Å². The number of rotatable bonds is 9. The predicted octanol–water partition coefficient (Wildman–Crippen LogP) is -1.25. The van der Waals surface area contributed by atoms with Crippen LogP contribution in [0.3, 0.4) is 0 Å². The molecule has 2 aromatic rings. The zero-order valence-electron chi connectivity index (χ0n) is 16.1. The number of carbonyl (C=O) groups is 1. The third kappa shape index (κ3) is 5.29. The lowest BCUT2D eigenvalue weighted by Crippen LogP contribution is -2.33. The highest BCUT2D eigenvalue weighted by Gasteiger charge is 2.46. The number of fused-ring (bicyclic) bond motifs is 1. The summed E-state index contributed by atoms with van der Waals surface area (Å²) in [5.41, 5.74) is 6.08. The van der Waals surface area contributed by atoms with Gasteiger partial charge in [-0.05, 0) is 6.92 Å². The topological polar surface area (TPSA) is 259 Å². The Bertz CT molecular complexity index is 1100. The second-order valence-electron chi connectivity index (χ2n) is 6.53. The van der Waals surface area contributed by atoms with Gasteiger partial charge in [0.15, 0.2) is 23.8 Å². The van der Waals surface area contributed by atoms with Crippen LogP contribution in [0.5, 0.6) is 0 Å². The minimum absolute atomic E-state index is 0.0629. The largest absolute Gasteiger partial charge is 0.481 e. The number of aliphatic hydroxyl groups is 2. The molecule has 7 N–H and O–H groups in total. The first-order valence-corrected chi connectivity index (χ1v) is 11.7. The highest BCUT2D eigenvalue weighted by Crippen LogP contribution is 2.61. The number of hydrogen-bond donors (Lipinski definition) is 6. The van der Waals surface area contributed by atoms with Crippen LogP contribution in [0.1, 0.15) is 13.2 Å². The van der Waals surface area contributed by atoms with Crippen LogP contribution in [-0.2, 0) is 32.0 Å². The summed E-state index contributed by atoms with van der Waals surface area (Å²) >= 11 is 0. The number of phosphoric acid groups is 2. The van der Waals surface area contributed by atoms with Gasteiger partial charge in [-0.25, -0.2) is 28.9 Å². The number of aliphatic hydroxyl groups excluding tert-OH is 2. The number of aliphatic carboxylic acids is 1. The summed E-state index contributed by atoms with van der Waals surface area (Å²) in [6.45, 7) is 0.0149. The van der Waals surface area contributed by atoms with E-state index in [1.54, 1.807) is 0 Å². The third-order valence-electron chi connectivity index (χ3n) is 4.25. The maximum Gasteiger partial charge on any atom is 0.481 e. The van der Waals surface area contributed by atoms with Crippen LogP contribution in [0.2, 0.25) is 0 Å². The standard InChI is InChI=1S/C13H19N5O12P2/c1-5(13(21)22)29-32(25,26)30-31(23,24)27-2-6-8(19)9(20)12(28-6)18-4-17-7-10(14)15-3-16-11(7)18/h3-6,8-9,12,19-20H,2H2,1H3,(H,21,22)(H,23,24)(H,25,26)(H2,14,15,16)/t5-,6+,8+,9+,12+/m0/s1. The van der Waals surface area contributed by atoms with Crippen molar-refractivity contribution >= 4 is 38.6 Å². The molecule has 2 aromatic heterocycles. The molecule has 19 heteroatoms. The van der Waals surface area contributed by atoms with Crippen LogP contribution in [0.25, 0.3) is 11.2 Å². The van der Waals surface area contributed by atoms with E-state index in [1.807, 2.05) is 0 Å². The molecule has 3 heterocycles. The molecule has 1 saturated heterocycles. The number of aromatic nitrogens is 4. The molecule has 17 nitrogen and oxygen atoms in total. The smallest absolute Gasteiger partial charge is 0.479 e. The fourth-order valence-corrected chi connectivity index (χ4v) is 4.95. The van der Waals surface area contributed by atoms with Crippen molar-refractivity contribution in [3.05, 3.63) is 12.7 Å². The number of imidazole rings is 1. The molecule has 3 rings (SSSR count). The molecule has 0 saturated carbocycles. The molecular weight excluding hydrogens is 480 g/mol. The van der Waals surface area contributed by atoms with Crippen molar-refractivity contribution in [2.24, 2.45) is 0 Å². The number of carboxylic acids is 1. The number of nitrogen functional groups attached to an aromatic ring is 1. The van der Waals surface area contributed by atoms with Crippen molar-refractivity contribution in [2.45, 2.75) is 37.6 Å². The Hall–Kier alpha value is -2.04. The molecule has 1 fully saturated rings. The van der Waals surface area contributed by atoms with Gasteiger partial charge in [-0.1, -0.05) is 0 Å². The van der Waals surface area contributed by atoms with Crippen LogP contribution in [0.4, 0.5) is 5.82 Å². The first-order chi connectivity index (χ1) is 14.8. The van der Waals surface area contributed by atoms with Crippen molar-refractivity contribution < 1.29 is 57.1 Å². The van der Waals surface area contributed by atoms with Crippen LogP contribution < -0.4 is 5.73 Å². The van der Waals surface area contributed by atoms with Gasteiger partial charge in [-0.2, -0.15) is 4.31 Å². The molecule has 0 aliphatic carbocycles. The molecule has 7 atom stereocenters. The zero-order chi connectivity index (χ0) is 23.8. The second kappa shape index (κ2) is 9.07. The van der Waals surface area contributed by atoms with Gasteiger partial charge in [0.2, 0.25) is 0 Å². The second-order valence-corrected chi connectivity index (χ2v) is 9.53. The lowest BCUT2D eigenvalue weighted by atomic mass is 10.1. The number of ether oxygens (including phenoxy) is 1. The van der Waals surface area contributed by atoms with Gasteiger partial charge < -0.3 is 35.6 Å². The Balaban J connectivity index is 1.66. The number of nitrogens with two attached hydrogens (primary N) is 1. The molecule has 0 spiro atoms. The average molecular weight is 499 g/mol. The SMILES string of the molecule is C[C@H](OP(=O)(O)OP(=O)(O)OC[C@H]1O[C@@H](n2cnc3c(N)ncnc32)[C@H](O)[C@@H]1O)C(=O)O. The minimum atomic E-state index is -5.31. The number of hydrogen-bond acceptors (Lipinski definition) is 13. The van der Waals surface area contributed by atoms with Crippen molar-refractivity contribution in [2.75, 3.05) is 12.3 Å². The van der Waals surface area contributed by atoms with Crippen LogP contribution >= 0.6 is 15.6 Å². The quantitative estimate of drug-likeness (QED) is 0.220. The van der Waals surface area contributed by atoms with Crippen molar-refractivity contribution in [1.29, 1.82) is 0 Å². The normalized spacial score (nSPS) is 28.3. The van der Waals surface area contributed by atoms with E-state index in [1.165, 1.54) is 10.9 Å². The maximum absolute atomic E-state index is 12.0. The molecular formula is C13H19N5O12P2. The maximum atomic E-state index is 12.0. The van der Waals surface area contributed by atoms with Gasteiger partial charge in [0.05, 0.1) is 12.9 Å². The number of phosphoric ester groups is 2. The Morgan fingerprint density at radius 2 is 1.94 bits per heavy atom. The van der Waals surface area contributed by atoms with E-state index in [9.17, 15) is 33.9 Å². The molecule has 2 unspecified atom stereocenters. The fraction of sp³-hybridized carbons (Fsp3) is 0.538. The van der Waals surface area contributed by atoms with E-state index in [2.05, 4.69) is 28.3 Å². The van der Waals surface area contributed by atoms with Gasteiger partial charge >= 0.3 is 21.6 Å². The molecule has 0 bridgehead atoms. The Morgan fingerprint density at radius 1 is 1.25 bits per heavy atom. The van der Waals surface area contributed by atoms with E-state index >= 15 is 0 Å². The van der Waals surface area contributed by atoms with Crippen LogP contribution in [0.15, 0.2) is 12.7 Å². The molecule has 1 aliphatic rings. The highest BCUT2D eigenvalue weighted by molar-refractivity contribution is 7.61. The first kappa shape index (κ1) is 24.6. The summed E-state index contributed by atoms with van der Waals surface area (Å²) in [6, 6.07) is 0. The van der Waals surface area contributed by atoms with Gasteiger partial charge in [0.1, 0.15) is 30.2 Å². The molecule has 0 amide bonds. The summed E-state index contributed by atoms with van der Waals surface area (Å²) in [5.74, 6) is -1.56. The zero-order valence-corrected chi connectivity index (χ0v) is 17.9. The molecule has 0 aromatic carbocycles. The van der Waals surface area contributed by atoms with Crippen LogP contribution in [0, 0.1) is 0 Å². The van der Waals surface area contributed by atoms with Crippen LogP contribution in [-0.4, -0.2) is 81.6 Å². The number of nitrogens with zero attached hydrogens (tertiary/aromatic N) is 4. The number of anilines is 1. The highest BCUT2D eigenvalue weighted by atomic mass is 31.3. The predicted molar refractivity (Wildman–Crippen MR) is 101 cm³/mol. The third-order valence-corrected chi connectivity index (χ3v) is 6.95. The van der Waals surface area contributed by atoms with E-state index in [-0.39, 0.29) is 17.0 Å². The molecule has 32 heavy (non-hydrogen) atoms. The number of carboxylic acid groups (broad SMARTS) is 1. The molecule has 178 valence electrons. The van der Waals surface area contributed by atoms with E-state index in [0.29, 0.717) is 0 Å². The fourth-order valence-electron chi connectivity index (χ4n) is 2.74. The summed E-state index contributed by atoms with van der Waals surface area (Å²) in [7, 11) is -10.6. The van der Waals surface area contributed by atoms with Crippen molar-refractivity contribution in [1.82, 2.24) is 19.5 Å². The Labute approximate surface area is 178 Å². The Kier molecular flexibility index (Phi) is 6.97. The molecule has 0 radical (unpaired) electrons. The van der Waals surface area contributed by atoms with Gasteiger partial charge in [0.25, 0.3) is 0 Å². The Morgan fingerprint density at radius 3 is 2.59 bits per heavy atom. The monoisotopic (exact) mass is 499 g/mol. The lowest BCUT2D eigenvalue weighted by molar-refractivity contribution is -0.145. The first-order valence-electron chi connectivity index (χ1n) is 8.68. The molecule has 1 aliphatic heterocycles. The van der Waals surface area contributed by atoms with E-state index in [4.69, 9.17) is 15.6 Å². The lowest BCUT2D eigenvalue weighted by Gasteiger charge is -2.20. The van der Waals surface area contributed by atoms with Crippen molar-refractivity contribution in [3.8, 4) is 0 Å². The minimum Gasteiger partial charge on any atom is -0.479 e. The van der Waals surface area contributed by atoms with E-state index < -0.39 is 58.9 Å². The van der Waals surface area contributed by atoms with E-state index in [0.717, 1.165) is 13.3 Å². The summed E-state index contributed by atoms with van der Waals surface area (Å²) in [6.07, 6.45) is -5.28. The average Bonchev–Trinajstić information content (AvgIpc) is 3.22. The van der Waals surface area contributed by atoms with Gasteiger partial charge in [-0.3, -0.25) is 13.6 Å². The summed E-state index contributed by atoms with van der Waals surface area (Å²) < 4.78 is 43.1. The summed E-state index contributed by atoms with van der Waals surface area (Å²) in [4.78, 5) is 41.5. The summed E-state index contributed by atoms with van der Waals surface area (Å²) in [5, 5.41) is 29.2. The van der Waals surface area contributed by atoms with Crippen molar-refractivity contribution in [3.63, 3.8) is 0 Å². The van der Waals surface area contributed by atoms with Gasteiger partial charge in [0, 0.05) is 0 Å².